The summed E-state index contributed by atoms with van der Waals surface area (Å²) in [5, 5.41) is 7.33. The lowest BCUT2D eigenvalue weighted by atomic mass is 10.1. The Morgan fingerprint density at radius 2 is 1.89 bits per heavy atom. The third-order valence-electron chi connectivity index (χ3n) is 6.09. The topological polar surface area (TPSA) is 117 Å². The minimum absolute atomic E-state index is 0.0231. The maximum absolute atomic E-state index is 14.2. The van der Waals surface area contributed by atoms with Crippen molar-refractivity contribution in [1.29, 1.82) is 0 Å². The van der Waals surface area contributed by atoms with Crippen molar-refractivity contribution < 1.29 is 27.0 Å². The van der Waals surface area contributed by atoms with Crippen LogP contribution in [-0.2, 0) is 19.5 Å². The molecule has 10 nitrogen and oxygen atoms in total. The molecule has 2 aromatic heterocycles. The molecule has 3 atom stereocenters. The molecule has 206 valence electrons. The van der Waals surface area contributed by atoms with E-state index in [9.17, 15) is 12.8 Å². The van der Waals surface area contributed by atoms with Crippen molar-refractivity contribution in [3.8, 4) is 17.1 Å². The summed E-state index contributed by atoms with van der Waals surface area (Å²) in [6, 6.07) is 7.25. The van der Waals surface area contributed by atoms with Gasteiger partial charge in [-0.25, -0.2) is 12.8 Å². The Kier molecular flexibility index (Phi) is 8.34. The Morgan fingerprint density at radius 1 is 1.13 bits per heavy atom. The van der Waals surface area contributed by atoms with Crippen molar-refractivity contribution in [1.82, 2.24) is 19.7 Å². The highest BCUT2D eigenvalue weighted by molar-refractivity contribution is 7.93. The highest BCUT2D eigenvalue weighted by Gasteiger charge is 2.36. The van der Waals surface area contributed by atoms with Gasteiger partial charge < -0.3 is 14.2 Å². The maximum atomic E-state index is 14.2. The molecule has 0 saturated carbocycles. The van der Waals surface area contributed by atoms with Crippen LogP contribution in [0.2, 0.25) is 0 Å². The van der Waals surface area contributed by atoms with Gasteiger partial charge in [-0.1, -0.05) is 6.07 Å². The Labute approximate surface area is 222 Å². The number of sulfonamides is 1. The molecule has 4 rings (SSSR count). The van der Waals surface area contributed by atoms with Crippen LogP contribution < -0.4 is 9.46 Å². The minimum atomic E-state index is -4.07. The quantitative estimate of drug-likeness (QED) is 0.396. The second-order valence-corrected chi connectivity index (χ2v) is 12.0. The fourth-order valence-electron chi connectivity index (χ4n) is 4.12. The van der Waals surface area contributed by atoms with Crippen molar-refractivity contribution in [2.45, 2.75) is 71.1 Å². The highest BCUT2D eigenvalue weighted by Crippen LogP contribution is 2.37. The average Bonchev–Trinajstić information content (AvgIpc) is 3.18. The Balaban J connectivity index is 1.72. The summed E-state index contributed by atoms with van der Waals surface area (Å²) < 4.78 is 63.5. The Hall–Kier alpha value is -3.09. The van der Waals surface area contributed by atoms with E-state index in [0.29, 0.717) is 17.0 Å². The number of benzene rings is 1. The number of fused-ring (bicyclic) bond motifs is 3. The van der Waals surface area contributed by atoms with E-state index in [4.69, 9.17) is 14.2 Å². The van der Waals surface area contributed by atoms with Gasteiger partial charge in [-0.3, -0.25) is 14.3 Å². The molecule has 3 aromatic rings. The van der Waals surface area contributed by atoms with Crippen LogP contribution in [0.5, 0.6) is 5.75 Å². The van der Waals surface area contributed by atoms with Crippen LogP contribution in [0.3, 0.4) is 0 Å². The van der Waals surface area contributed by atoms with Gasteiger partial charge in [0.15, 0.2) is 5.82 Å². The van der Waals surface area contributed by atoms with Gasteiger partial charge in [0.25, 0.3) is 0 Å². The molecular weight excluding hydrogens is 513 g/mol. The van der Waals surface area contributed by atoms with Gasteiger partial charge >= 0.3 is 0 Å². The molecule has 0 radical (unpaired) electrons. The molecule has 1 aliphatic rings. The number of nitrogens with zero attached hydrogens (tertiary/aromatic N) is 4. The van der Waals surface area contributed by atoms with Gasteiger partial charge in [0, 0.05) is 6.20 Å². The molecule has 1 N–H and O–H groups in total. The number of hydrogen-bond acceptors (Lipinski definition) is 8. The van der Waals surface area contributed by atoms with E-state index in [0.717, 1.165) is 5.56 Å². The molecule has 12 heteroatoms. The first-order valence-electron chi connectivity index (χ1n) is 12.5. The zero-order valence-electron chi connectivity index (χ0n) is 22.4. The minimum Gasteiger partial charge on any atom is -0.491 e. The largest absolute Gasteiger partial charge is 0.491 e. The standard InChI is InChI=1S/C26H34FN5O5S/c1-15(2)35-13-20-14-36-23-10-8-19(27)11-21(23)25-29-30-26(32(20)25)31-38(33,34)18(6)24(37-16(3)4)22-9-7-17(5)12-28-22/h7-12,15-16,18,20,24H,13-14H2,1-6H3,(H,30,31)/t18-,20+,24+/m0/s1. The average molecular weight is 548 g/mol. The van der Waals surface area contributed by atoms with E-state index in [-0.39, 0.29) is 37.2 Å². The molecule has 0 bridgehead atoms. The number of anilines is 1. The number of halogens is 1. The Bertz CT molecular complexity index is 1360. The van der Waals surface area contributed by atoms with Crippen LogP contribution in [0.1, 0.15) is 58.0 Å². The summed E-state index contributed by atoms with van der Waals surface area (Å²) in [4.78, 5) is 4.41. The first kappa shape index (κ1) is 27.9. The summed E-state index contributed by atoms with van der Waals surface area (Å²) >= 11 is 0. The van der Waals surface area contributed by atoms with Crippen LogP contribution in [0.15, 0.2) is 36.5 Å². The van der Waals surface area contributed by atoms with Gasteiger partial charge in [0.1, 0.15) is 29.5 Å². The van der Waals surface area contributed by atoms with Crippen molar-refractivity contribution in [3.63, 3.8) is 0 Å². The fourth-order valence-corrected chi connectivity index (χ4v) is 5.23. The first-order chi connectivity index (χ1) is 18.0. The number of nitrogens with one attached hydrogen (secondary N) is 1. The predicted molar refractivity (Wildman–Crippen MR) is 141 cm³/mol. The molecule has 1 aromatic carbocycles. The van der Waals surface area contributed by atoms with Crippen molar-refractivity contribution in [2.24, 2.45) is 0 Å². The maximum Gasteiger partial charge on any atom is 0.240 e. The van der Waals surface area contributed by atoms with E-state index in [1.807, 2.05) is 40.7 Å². The van der Waals surface area contributed by atoms with Crippen molar-refractivity contribution >= 4 is 16.0 Å². The third-order valence-corrected chi connectivity index (χ3v) is 7.78. The van der Waals surface area contributed by atoms with E-state index < -0.39 is 33.2 Å². The number of pyridine rings is 1. The highest BCUT2D eigenvalue weighted by atomic mass is 32.2. The fraction of sp³-hybridized carbons (Fsp3) is 0.500. The van der Waals surface area contributed by atoms with Gasteiger partial charge in [0.2, 0.25) is 16.0 Å². The SMILES string of the molecule is Cc1ccc([C@H](OC(C)C)[C@H](C)S(=O)(=O)Nc2nnc3n2[C@H](COC(C)C)COc2ccc(F)cc2-3)nc1. The van der Waals surface area contributed by atoms with Crippen molar-refractivity contribution in [3.05, 3.63) is 53.6 Å². The summed E-state index contributed by atoms with van der Waals surface area (Å²) in [7, 11) is -4.07. The number of aromatic nitrogens is 4. The molecule has 0 fully saturated rings. The lowest BCUT2D eigenvalue weighted by Gasteiger charge is -2.27. The Morgan fingerprint density at radius 3 is 2.55 bits per heavy atom. The second kappa shape index (κ2) is 11.3. The zero-order valence-corrected chi connectivity index (χ0v) is 23.2. The normalized spacial score (nSPS) is 16.9. The van der Waals surface area contributed by atoms with Crippen LogP contribution in [-0.4, -0.2) is 58.8 Å². The summed E-state index contributed by atoms with van der Waals surface area (Å²) in [5.41, 5.74) is 1.82. The van der Waals surface area contributed by atoms with Gasteiger partial charge in [-0.05, 0) is 71.4 Å². The van der Waals surface area contributed by atoms with Gasteiger partial charge in [-0.2, -0.15) is 0 Å². The first-order valence-corrected chi connectivity index (χ1v) is 14.1. The summed E-state index contributed by atoms with van der Waals surface area (Å²) in [5.74, 6) is 0.194. The smallest absolute Gasteiger partial charge is 0.240 e. The summed E-state index contributed by atoms with van der Waals surface area (Å²) in [6.45, 7) is 11.3. The number of ether oxygens (including phenoxy) is 3. The van der Waals surface area contributed by atoms with Crippen LogP contribution in [0, 0.1) is 12.7 Å². The second-order valence-electron chi connectivity index (χ2n) is 9.92. The lowest BCUT2D eigenvalue weighted by Crippen LogP contribution is -2.35. The molecule has 1 aliphatic heterocycles. The molecule has 38 heavy (non-hydrogen) atoms. The third kappa shape index (κ3) is 6.13. The lowest BCUT2D eigenvalue weighted by molar-refractivity contribution is 0.00415. The van der Waals surface area contributed by atoms with E-state index in [1.54, 1.807) is 23.8 Å². The molecule has 0 saturated heterocycles. The molecule has 0 aliphatic carbocycles. The van der Waals surface area contributed by atoms with E-state index in [1.165, 1.54) is 18.2 Å². The number of aryl methyl sites for hydroxylation is 1. The molecular formula is C26H34FN5O5S. The van der Waals surface area contributed by atoms with Crippen LogP contribution in [0.25, 0.3) is 11.4 Å². The van der Waals surface area contributed by atoms with Gasteiger partial charge in [0.05, 0.1) is 36.1 Å². The molecule has 3 heterocycles. The molecule has 0 unspecified atom stereocenters. The number of hydrogen-bond donors (Lipinski definition) is 1. The van der Waals surface area contributed by atoms with Crippen molar-refractivity contribution in [2.75, 3.05) is 17.9 Å². The molecule has 0 spiro atoms. The van der Waals surface area contributed by atoms with Gasteiger partial charge in [-0.15, -0.1) is 10.2 Å². The number of rotatable bonds is 10. The van der Waals surface area contributed by atoms with E-state index in [2.05, 4.69) is 19.9 Å². The van der Waals surface area contributed by atoms with Crippen LogP contribution in [0.4, 0.5) is 10.3 Å². The monoisotopic (exact) mass is 547 g/mol. The van der Waals surface area contributed by atoms with E-state index >= 15 is 0 Å². The summed E-state index contributed by atoms with van der Waals surface area (Å²) in [6.07, 6.45) is 0.519. The molecule has 0 amide bonds. The van der Waals surface area contributed by atoms with Crippen LogP contribution >= 0.6 is 0 Å². The zero-order chi connectivity index (χ0) is 27.6. The predicted octanol–water partition coefficient (Wildman–Crippen LogP) is 4.44.